The van der Waals surface area contributed by atoms with E-state index in [9.17, 15) is 14.9 Å². The maximum atomic E-state index is 12.6. The second-order valence-corrected chi connectivity index (χ2v) is 6.97. The summed E-state index contributed by atoms with van der Waals surface area (Å²) in [5.74, 6) is 0.759. The van der Waals surface area contributed by atoms with Gasteiger partial charge in [0.15, 0.2) is 0 Å². The van der Waals surface area contributed by atoms with E-state index in [2.05, 4.69) is 4.90 Å². The van der Waals surface area contributed by atoms with Gasteiger partial charge in [-0.2, -0.15) is 0 Å². The summed E-state index contributed by atoms with van der Waals surface area (Å²) in [5.41, 5.74) is 1.43. The van der Waals surface area contributed by atoms with Gasteiger partial charge in [0, 0.05) is 49.6 Å². The smallest absolute Gasteiger partial charge is 0.311 e. The number of hydrogen-bond acceptors (Lipinski definition) is 5. The van der Waals surface area contributed by atoms with Gasteiger partial charge in [-0.3, -0.25) is 14.9 Å². The summed E-state index contributed by atoms with van der Waals surface area (Å²) in [5, 5.41) is 11.4. The highest BCUT2D eigenvalue weighted by Gasteiger charge is 2.24. The number of nitro benzene ring substituents is 1. The fourth-order valence-corrected chi connectivity index (χ4v) is 3.48. The first-order valence-electron chi connectivity index (χ1n) is 9.72. The maximum absolute atomic E-state index is 12.6. The Bertz CT molecular complexity index is 1030. The summed E-state index contributed by atoms with van der Waals surface area (Å²) in [4.78, 5) is 27.5. The molecule has 1 fully saturated rings. The number of nitrogens with zero attached hydrogens (tertiary/aromatic N) is 3. The molecule has 4 rings (SSSR count). The molecule has 1 aliphatic rings. The lowest BCUT2D eigenvalue weighted by Gasteiger charge is -2.36. The van der Waals surface area contributed by atoms with Gasteiger partial charge in [-0.15, -0.1) is 0 Å². The van der Waals surface area contributed by atoms with Crippen LogP contribution in [0.25, 0.3) is 0 Å². The molecule has 7 nitrogen and oxygen atoms in total. The number of anilines is 1. The number of benzene rings is 3. The minimum Gasteiger partial charge on any atom is -0.450 e. The molecule has 1 aliphatic heterocycles. The largest absolute Gasteiger partial charge is 0.450 e. The number of para-hydroxylation sites is 1. The van der Waals surface area contributed by atoms with Crippen LogP contribution in [0.15, 0.2) is 78.9 Å². The molecule has 0 atom stereocenters. The Kier molecular flexibility index (Phi) is 5.61. The van der Waals surface area contributed by atoms with Crippen LogP contribution in [-0.2, 0) is 0 Å². The van der Waals surface area contributed by atoms with Crippen LogP contribution in [0.3, 0.4) is 0 Å². The lowest BCUT2D eigenvalue weighted by atomic mass is 10.1. The molecule has 3 aromatic carbocycles. The molecule has 1 amide bonds. The molecule has 0 spiro atoms. The van der Waals surface area contributed by atoms with E-state index in [4.69, 9.17) is 4.74 Å². The molecule has 0 saturated carbocycles. The third kappa shape index (κ3) is 4.25. The highest BCUT2D eigenvalue weighted by molar-refractivity contribution is 5.94. The third-order valence-corrected chi connectivity index (χ3v) is 5.06. The summed E-state index contributed by atoms with van der Waals surface area (Å²) in [6.07, 6.45) is 0. The SMILES string of the molecule is O=C(c1ccccc1)N1CCN(c2ccc([N+](=O)[O-])c(Oc3ccccc3)c2)CC1. The summed E-state index contributed by atoms with van der Waals surface area (Å²) < 4.78 is 5.79. The molecule has 152 valence electrons. The van der Waals surface area contributed by atoms with E-state index in [1.807, 2.05) is 53.4 Å². The van der Waals surface area contributed by atoms with Crippen molar-refractivity contribution in [1.29, 1.82) is 0 Å². The molecule has 3 aromatic rings. The number of ether oxygens (including phenoxy) is 1. The molecule has 0 bridgehead atoms. The Morgan fingerprint density at radius 1 is 0.867 bits per heavy atom. The van der Waals surface area contributed by atoms with Crippen molar-refractivity contribution < 1.29 is 14.5 Å². The highest BCUT2D eigenvalue weighted by atomic mass is 16.6. The zero-order chi connectivity index (χ0) is 20.9. The summed E-state index contributed by atoms with van der Waals surface area (Å²) >= 11 is 0. The van der Waals surface area contributed by atoms with Crippen molar-refractivity contribution >= 4 is 17.3 Å². The Morgan fingerprint density at radius 2 is 1.50 bits per heavy atom. The lowest BCUT2D eigenvalue weighted by Crippen LogP contribution is -2.48. The second-order valence-electron chi connectivity index (χ2n) is 6.97. The molecular formula is C23H21N3O4. The predicted octanol–water partition coefficient (Wildman–Crippen LogP) is 4.35. The Balaban J connectivity index is 1.49. The van der Waals surface area contributed by atoms with Crippen molar-refractivity contribution in [2.24, 2.45) is 0 Å². The van der Waals surface area contributed by atoms with Crippen LogP contribution in [0.1, 0.15) is 10.4 Å². The number of amides is 1. The Morgan fingerprint density at radius 3 is 2.13 bits per heavy atom. The van der Waals surface area contributed by atoms with E-state index in [1.54, 1.807) is 24.3 Å². The minimum atomic E-state index is -0.446. The monoisotopic (exact) mass is 403 g/mol. The first-order valence-corrected chi connectivity index (χ1v) is 9.72. The molecule has 0 aliphatic carbocycles. The molecule has 1 heterocycles. The zero-order valence-corrected chi connectivity index (χ0v) is 16.3. The number of carbonyl (C=O) groups is 1. The van der Waals surface area contributed by atoms with Crippen LogP contribution in [0.4, 0.5) is 11.4 Å². The average molecular weight is 403 g/mol. The van der Waals surface area contributed by atoms with Crippen molar-refractivity contribution in [3.8, 4) is 11.5 Å². The van der Waals surface area contributed by atoms with Gasteiger partial charge in [-0.1, -0.05) is 36.4 Å². The van der Waals surface area contributed by atoms with E-state index in [1.165, 1.54) is 6.07 Å². The van der Waals surface area contributed by atoms with E-state index >= 15 is 0 Å². The topological polar surface area (TPSA) is 75.9 Å². The molecule has 30 heavy (non-hydrogen) atoms. The van der Waals surface area contributed by atoms with Crippen molar-refractivity contribution in [1.82, 2.24) is 4.90 Å². The van der Waals surface area contributed by atoms with Gasteiger partial charge in [0.2, 0.25) is 5.75 Å². The van der Waals surface area contributed by atoms with Crippen LogP contribution in [0.2, 0.25) is 0 Å². The number of rotatable bonds is 5. The normalized spacial score (nSPS) is 13.7. The van der Waals surface area contributed by atoms with E-state index in [0.29, 0.717) is 37.5 Å². The highest BCUT2D eigenvalue weighted by Crippen LogP contribution is 2.35. The quantitative estimate of drug-likeness (QED) is 0.468. The minimum absolute atomic E-state index is 0.0204. The lowest BCUT2D eigenvalue weighted by molar-refractivity contribution is -0.385. The number of piperazine rings is 1. The van der Waals surface area contributed by atoms with Crippen molar-refractivity contribution in [2.75, 3.05) is 31.1 Å². The first-order chi connectivity index (χ1) is 14.6. The summed E-state index contributed by atoms with van der Waals surface area (Å²) in [6.45, 7) is 2.45. The van der Waals surface area contributed by atoms with Gasteiger partial charge < -0.3 is 14.5 Å². The van der Waals surface area contributed by atoms with Gasteiger partial charge in [0.05, 0.1) is 4.92 Å². The summed E-state index contributed by atoms with van der Waals surface area (Å²) in [7, 11) is 0. The fourth-order valence-electron chi connectivity index (χ4n) is 3.48. The zero-order valence-electron chi connectivity index (χ0n) is 16.3. The second kappa shape index (κ2) is 8.65. The number of carbonyl (C=O) groups excluding carboxylic acids is 1. The number of nitro groups is 1. The van der Waals surface area contributed by atoms with Crippen LogP contribution in [-0.4, -0.2) is 41.9 Å². The van der Waals surface area contributed by atoms with Crippen molar-refractivity contribution in [2.45, 2.75) is 0 Å². The van der Waals surface area contributed by atoms with Gasteiger partial charge in [0.25, 0.3) is 5.91 Å². The summed E-state index contributed by atoms with van der Waals surface area (Å²) in [6, 6.07) is 23.1. The van der Waals surface area contributed by atoms with Crippen molar-refractivity contribution in [3.63, 3.8) is 0 Å². The van der Waals surface area contributed by atoms with Crippen LogP contribution >= 0.6 is 0 Å². The standard InChI is InChI=1S/C23H21N3O4/c27-23(18-7-3-1-4-8-18)25-15-13-24(14-16-25)19-11-12-21(26(28)29)22(17-19)30-20-9-5-2-6-10-20/h1-12,17H,13-16H2. The maximum Gasteiger partial charge on any atom is 0.311 e. The molecule has 7 heteroatoms. The molecule has 0 aromatic heterocycles. The fraction of sp³-hybridized carbons (Fsp3) is 0.174. The van der Waals surface area contributed by atoms with Crippen LogP contribution in [0, 0.1) is 10.1 Å². The third-order valence-electron chi connectivity index (χ3n) is 5.06. The molecule has 0 radical (unpaired) electrons. The number of hydrogen-bond donors (Lipinski definition) is 0. The Labute approximate surface area is 174 Å². The molecule has 0 N–H and O–H groups in total. The van der Waals surface area contributed by atoms with Crippen molar-refractivity contribution in [3.05, 3.63) is 94.5 Å². The van der Waals surface area contributed by atoms with Gasteiger partial charge in [-0.05, 0) is 30.3 Å². The van der Waals surface area contributed by atoms with E-state index < -0.39 is 4.92 Å². The van der Waals surface area contributed by atoms with Gasteiger partial charge in [-0.25, -0.2) is 0 Å². The molecule has 0 unspecified atom stereocenters. The first kappa shape index (κ1) is 19.4. The van der Waals surface area contributed by atoms with Crippen LogP contribution in [0.5, 0.6) is 11.5 Å². The Hall–Kier alpha value is -3.87. The van der Waals surface area contributed by atoms with Gasteiger partial charge >= 0.3 is 5.69 Å². The average Bonchev–Trinajstić information content (AvgIpc) is 2.80. The van der Waals surface area contributed by atoms with E-state index in [-0.39, 0.29) is 17.3 Å². The molecular weight excluding hydrogens is 382 g/mol. The predicted molar refractivity (Wildman–Crippen MR) is 114 cm³/mol. The van der Waals surface area contributed by atoms with Crippen LogP contribution < -0.4 is 9.64 Å². The van der Waals surface area contributed by atoms with Gasteiger partial charge in [0.1, 0.15) is 5.75 Å². The van der Waals surface area contributed by atoms with E-state index in [0.717, 1.165) is 5.69 Å². The molecule has 1 saturated heterocycles.